The van der Waals surface area contributed by atoms with E-state index in [1.807, 2.05) is 12.3 Å². The van der Waals surface area contributed by atoms with Gasteiger partial charge in [0.1, 0.15) is 5.82 Å². The molecule has 1 atom stereocenters. The van der Waals surface area contributed by atoms with Crippen LogP contribution in [0.2, 0.25) is 0 Å². The van der Waals surface area contributed by atoms with E-state index in [1.165, 1.54) is 17.7 Å². The van der Waals surface area contributed by atoms with Gasteiger partial charge in [-0.15, -0.1) is 11.6 Å². The molecular formula is C13H12ClFS. The fourth-order valence-electron chi connectivity index (χ4n) is 1.67. The molecule has 0 amide bonds. The lowest BCUT2D eigenvalue weighted by Crippen LogP contribution is -1.98. The minimum Gasteiger partial charge on any atom is -0.207 e. The second kappa shape index (κ2) is 4.98. The Hall–Kier alpha value is -0.860. The number of alkyl halides is 1. The third kappa shape index (κ3) is 2.63. The Bertz CT molecular complexity index is 465. The molecule has 0 spiro atoms. The molecule has 2 aromatic rings. The summed E-state index contributed by atoms with van der Waals surface area (Å²) >= 11 is 7.96. The topological polar surface area (TPSA) is 0 Å². The molecule has 3 heteroatoms. The Morgan fingerprint density at radius 1 is 1.38 bits per heavy atom. The summed E-state index contributed by atoms with van der Waals surface area (Å²) in [6, 6.07) is 6.81. The van der Waals surface area contributed by atoms with Gasteiger partial charge in [-0.2, -0.15) is 11.3 Å². The number of thiophene rings is 1. The minimum atomic E-state index is -0.225. The number of halogens is 2. The first-order valence-electron chi connectivity index (χ1n) is 5.08. The van der Waals surface area contributed by atoms with Crippen molar-refractivity contribution in [1.29, 1.82) is 0 Å². The molecule has 0 bridgehead atoms. The van der Waals surface area contributed by atoms with E-state index in [4.69, 9.17) is 11.6 Å². The van der Waals surface area contributed by atoms with Gasteiger partial charge in [0.2, 0.25) is 0 Å². The molecule has 0 saturated carbocycles. The molecule has 84 valence electrons. The van der Waals surface area contributed by atoms with Crippen LogP contribution >= 0.6 is 22.9 Å². The SMILES string of the molecule is Cc1ccc(F)cc1C(Cl)Cc1ccsc1. The number of hydrogen-bond donors (Lipinski definition) is 0. The number of benzene rings is 1. The highest BCUT2D eigenvalue weighted by atomic mass is 35.5. The quantitative estimate of drug-likeness (QED) is 0.696. The minimum absolute atomic E-state index is 0.162. The first-order valence-corrected chi connectivity index (χ1v) is 6.46. The maximum absolute atomic E-state index is 13.1. The zero-order chi connectivity index (χ0) is 11.5. The van der Waals surface area contributed by atoms with Crippen molar-refractivity contribution in [1.82, 2.24) is 0 Å². The number of rotatable bonds is 3. The van der Waals surface area contributed by atoms with E-state index in [0.29, 0.717) is 0 Å². The summed E-state index contributed by atoms with van der Waals surface area (Å²) in [6.45, 7) is 1.96. The highest BCUT2D eigenvalue weighted by Crippen LogP contribution is 2.28. The number of aryl methyl sites for hydroxylation is 1. The molecule has 1 unspecified atom stereocenters. The van der Waals surface area contributed by atoms with Crippen molar-refractivity contribution >= 4 is 22.9 Å². The maximum atomic E-state index is 13.1. The molecule has 0 aliphatic heterocycles. The average molecular weight is 255 g/mol. The summed E-state index contributed by atoms with van der Waals surface area (Å²) in [5.41, 5.74) is 3.12. The van der Waals surface area contributed by atoms with Crippen LogP contribution in [0, 0.1) is 12.7 Å². The fraction of sp³-hybridized carbons (Fsp3) is 0.231. The molecule has 0 aliphatic rings. The molecule has 0 nitrogen and oxygen atoms in total. The van der Waals surface area contributed by atoms with Gasteiger partial charge in [-0.3, -0.25) is 0 Å². The smallest absolute Gasteiger partial charge is 0.123 e. The van der Waals surface area contributed by atoms with E-state index in [-0.39, 0.29) is 11.2 Å². The van der Waals surface area contributed by atoms with Gasteiger partial charge >= 0.3 is 0 Å². The molecule has 0 aliphatic carbocycles. The van der Waals surface area contributed by atoms with Crippen LogP contribution in [0.1, 0.15) is 22.1 Å². The molecule has 16 heavy (non-hydrogen) atoms. The molecule has 1 heterocycles. The van der Waals surface area contributed by atoms with Gasteiger partial charge in [0.25, 0.3) is 0 Å². The van der Waals surface area contributed by atoms with Gasteiger partial charge in [-0.1, -0.05) is 6.07 Å². The lowest BCUT2D eigenvalue weighted by Gasteiger charge is -2.12. The van der Waals surface area contributed by atoms with E-state index >= 15 is 0 Å². The number of hydrogen-bond acceptors (Lipinski definition) is 1. The molecule has 0 saturated heterocycles. The lowest BCUT2D eigenvalue weighted by atomic mass is 10.0. The van der Waals surface area contributed by atoms with Gasteiger partial charge in [0.05, 0.1) is 5.38 Å². The molecule has 2 rings (SSSR count). The summed E-state index contributed by atoms with van der Waals surface area (Å²) in [7, 11) is 0. The summed E-state index contributed by atoms with van der Waals surface area (Å²) in [4.78, 5) is 0. The van der Waals surface area contributed by atoms with Crippen LogP contribution in [0.4, 0.5) is 4.39 Å². The third-order valence-electron chi connectivity index (χ3n) is 2.57. The van der Waals surface area contributed by atoms with E-state index in [0.717, 1.165) is 17.5 Å². The Labute approximate surface area is 104 Å². The van der Waals surface area contributed by atoms with Crippen LogP contribution in [-0.2, 0) is 6.42 Å². The molecule has 1 aromatic carbocycles. The standard InChI is InChI=1S/C13H12ClFS/c1-9-2-3-11(15)7-12(9)13(14)6-10-4-5-16-8-10/h2-5,7-8,13H,6H2,1H3. The fourth-order valence-corrected chi connectivity index (χ4v) is 2.77. The molecule has 1 aromatic heterocycles. The highest BCUT2D eigenvalue weighted by Gasteiger charge is 2.12. The monoisotopic (exact) mass is 254 g/mol. The van der Waals surface area contributed by atoms with Crippen LogP contribution in [0.15, 0.2) is 35.0 Å². The zero-order valence-corrected chi connectivity index (χ0v) is 10.5. The van der Waals surface area contributed by atoms with E-state index < -0.39 is 0 Å². The van der Waals surface area contributed by atoms with Crippen molar-refractivity contribution in [3.05, 3.63) is 57.5 Å². The van der Waals surface area contributed by atoms with Crippen LogP contribution in [0.5, 0.6) is 0 Å². The van der Waals surface area contributed by atoms with Crippen molar-refractivity contribution in [2.24, 2.45) is 0 Å². The van der Waals surface area contributed by atoms with Crippen molar-refractivity contribution < 1.29 is 4.39 Å². The first kappa shape index (κ1) is 11.6. The second-order valence-corrected chi connectivity index (χ2v) is 5.11. The maximum Gasteiger partial charge on any atom is 0.123 e. The second-order valence-electron chi connectivity index (χ2n) is 3.80. The van der Waals surface area contributed by atoms with Crippen LogP contribution in [-0.4, -0.2) is 0 Å². The van der Waals surface area contributed by atoms with Crippen molar-refractivity contribution in [2.75, 3.05) is 0 Å². The molecule has 0 fully saturated rings. The van der Waals surface area contributed by atoms with Gasteiger partial charge < -0.3 is 0 Å². The predicted molar refractivity (Wildman–Crippen MR) is 67.8 cm³/mol. The zero-order valence-electron chi connectivity index (χ0n) is 8.91. The predicted octanol–water partition coefficient (Wildman–Crippen LogP) is 4.72. The highest BCUT2D eigenvalue weighted by molar-refractivity contribution is 7.07. The van der Waals surface area contributed by atoms with Crippen LogP contribution in [0.3, 0.4) is 0 Å². The molecule has 0 radical (unpaired) electrons. The Kier molecular flexibility index (Phi) is 3.62. The Balaban J connectivity index is 2.20. The Morgan fingerprint density at radius 2 is 2.19 bits per heavy atom. The van der Waals surface area contributed by atoms with E-state index in [2.05, 4.69) is 11.4 Å². The average Bonchev–Trinajstić information content (AvgIpc) is 2.74. The van der Waals surface area contributed by atoms with Crippen molar-refractivity contribution in [3.63, 3.8) is 0 Å². The van der Waals surface area contributed by atoms with Crippen molar-refractivity contribution in [3.8, 4) is 0 Å². The van der Waals surface area contributed by atoms with E-state index in [9.17, 15) is 4.39 Å². The van der Waals surface area contributed by atoms with Gasteiger partial charge in [-0.25, -0.2) is 4.39 Å². The van der Waals surface area contributed by atoms with Gasteiger partial charge in [0.15, 0.2) is 0 Å². The van der Waals surface area contributed by atoms with Crippen molar-refractivity contribution in [2.45, 2.75) is 18.7 Å². The van der Waals surface area contributed by atoms with Crippen LogP contribution in [0.25, 0.3) is 0 Å². The summed E-state index contributed by atoms with van der Waals surface area (Å²) < 4.78 is 13.1. The largest absolute Gasteiger partial charge is 0.207 e. The van der Waals surface area contributed by atoms with E-state index in [1.54, 1.807) is 17.4 Å². The summed E-state index contributed by atoms with van der Waals surface area (Å²) in [5.74, 6) is -0.225. The summed E-state index contributed by atoms with van der Waals surface area (Å²) in [5, 5.41) is 3.94. The molecular weight excluding hydrogens is 243 g/mol. The first-order chi connectivity index (χ1) is 7.66. The lowest BCUT2D eigenvalue weighted by molar-refractivity contribution is 0.624. The summed E-state index contributed by atoms with van der Waals surface area (Å²) in [6.07, 6.45) is 0.745. The Morgan fingerprint density at radius 3 is 2.88 bits per heavy atom. The van der Waals surface area contributed by atoms with Gasteiger partial charge in [0, 0.05) is 0 Å². The molecule has 0 N–H and O–H groups in total. The normalized spacial score (nSPS) is 12.7. The third-order valence-corrected chi connectivity index (χ3v) is 3.70. The van der Waals surface area contributed by atoms with Crippen LogP contribution < -0.4 is 0 Å². The van der Waals surface area contributed by atoms with Gasteiger partial charge in [-0.05, 0) is 59.0 Å².